The number of imidazole rings is 1. The van der Waals surface area contributed by atoms with Gasteiger partial charge >= 0.3 is 0 Å². The first-order valence-electron chi connectivity index (χ1n) is 7.76. The normalized spacial score (nSPS) is 11.7. The summed E-state index contributed by atoms with van der Waals surface area (Å²) in [6.45, 7) is 0.782. The highest BCUT2D eigenvalue weighted by molar-refractivity contribution is 7.99. The van der Waals surface area contributed by atoms with Crippen molar-refractivity contribution in [1.82, 2.24) is 19.9 Å². The van der Waals surface area contributed by atoms with Gasteiger partial charge in [0.1, 0.15) is 10.5 Å². The van der Waals surface area contributed by atoms with Gasteiger partial charge in [-0.1, -0.05) is 22.9 Å². The average Bonchev–Trinajstić information content (AvgIpc) is 3.06. The molecule has 6 nitrogen and oxygen atoms in total. The van der Waals surface area contributed by atoms with Crippen molar-refractivity contribution in [1.29, 1.82) is 0 Å². The first kappa shape index (κ1) is 19.1. The Bertz CT molecular complexity index is 980. The van der Waals surface area contributed by atoms with Crippen molar-refractivity contribution in [2.45, 2.75) is 11.4 Å². The number of aromatic nitrogens is 3. The molecule has 10 heteroatoms. The fraction of sp³-hybridized carbons (Fsp3) is 0.250. The third-order valence-electron chi connectivity index (χ3n) is 3.48. The van der Waals surface area contributed by atoms with Gasteiger partial charge in [-0.15, -0.1) is 11.8 Å². The number of thiocarbonyl (C=S) groups is 1. The molecule has 3 aromatic rings. The van der Waals surface area contributed by atoms with Crippen LogP contribution in [0.2, 0.25) is 5.02 Å². The van der Waals surface area contributed by atoms with Gasteiger partial charge in [-0.05, 0) is 36.5 Å². The third-order valence-corrected chi connectivity index (χ3v) is 5.99. The summed E-state index contributed by atoms with van der Waals surface area (Å²) in [7, 11) is 3.50. The van der Waals surface area contributed by atoms with Crippen molar-refractivity contribution >= 4 is 68.2 Å². The summed E-state index contributed by atoms with van der Waals surface area (Å²) >= 11 is 14.3. The number of anilines is 1. The van der Waals surface area contributed by atoms with Crippen LogP contribution in [-0.4, -0.2) is 39.5 Å². The molecular weight excluding hydrogens is 408 g/mol. The largest absolute Gasteiger partial charge is 0.366 e. The lowest BCUT2D eigenvalue weighted by molar-refractivity contribution is 0.785. The lowest BCUT2D eigenvalue weighted by atomic mass is 10.4. The van der Waals surface area contributed by atoms with E-state index >= 15 is 0 Å². The number of benzene rings is 1. The zero-order chi connectivity index (χ0) is 18.5. The maximum absolute atomic E-state index is 5.92. The summed E-state index contributed by atoms with van der Waals surface area (Å²) in [5.41, 5.74) is 1.58. The van der Waals surface area contributed by atoms with E-state index in [-0.39, 0.29) is 0 Å². The van der Waals surface area contributed by atoms with Crippen molar-refractivity contribution in [2.75, 3.05) is 25.2 Å². The zero-order valence-electron chi connectivity index (χ0n) is 14.2. The smallest absolute Gasteiger partial charge is 0.208 e. The number of nitrogens with zero attached hydrogens (tertiary/aromatic N) is 4. The lowest BCUT2D eigenvalue weighted by Crippen LogP contribution is -2.24. The van der Waals surface area contributed by atoms with E-state index < -0.39 is 0 Å². The molecule has 0 bridgehead atoms. The molecule has 0 fully saturated rings. The number of rotatable bonds is 5. The molecule has 0 unspecified atom stereocenters. The predicted molar refractivity (Wildman–Crippen MR) is 114 cm³/mol. The van der Waals surface area contributed by atoms with Crippen molar-refractivity contribution in [2.24, 2.45) is 4.99 Å². The fourth-order valence-electron chi connectivity index (χ4n) is 2.21. The van der Waals surface area contributed by atoms with Gasteiger partial charge in [0.05, 0.1) is 6.33 Å². The quantitative estimate of drug-likeness (QED) is 0.483. The van der Waals surface area contributed by atoms with Gasteiger partial charge in [0.2, 0.25) is 4.80 Å². The van der Waals surface area contributed by atoms with Crippen molar-refractivity contribution in [3.05, 3.63) is 40.4 Å². The summed E-state index contributed by atoms with van der Waals surface area (Å²) in [5.74, 6) is 0.892. The number of halogens is 1. The van der Waals surface area contributed by atoms with Gasteiger partial charge in [0, 0.05) is 36.3 Å². The molecule has 0 radical (unpaired) electrons. The van der Waals surface area contributed by atoms with Gasteiger partial charge in [-0.25, -0.2) is 4.98 Å². The molecule has 2 aromatic heterocycles. The van der Waals surface area contributed by atoms with Crippen LogP contribution in [0.3, 0.4) is 0 Å². The summed E-state index contributed by atoms with van der Waals surface area (Å²) in [5, 5.41) is 8.17. The standard InChI is InChI=1S/C16H17ClN6S3/c1-18-15(24)22-14-12-13(21-16(19-2)26-14)23(9-20-12)7-8-25-11-5-3-10(17)4-6-11/h3-6,9H,7-8H2,1-2H3,(H2,18,22,24). The van der Waals surface area contributed by atoms with Crippen molar-refractivity contribution in [3.63, 3.8) is 0 Å². The fourth-order valence-corrected chi connectivity index (χ4v) is 4.15. The summed E-state index contributed by atoms with van der Waals surface area (Å²) in [6.07, 6.45) is 1.81. The Labute approximate surface area is 169 Å². The first-order valence-corrected chi connectivity index (χ1v) is 10.4. The Hall–Kier alpha value is -1.68. The van der Waals surface area contributed by atoms with Crippen LogP contribution in [0.1, 0.15) is 0 Å². The van der Waals surface area contributed by atoms with E-state index in [2.05, 4.69) is 25.6 Å². The van der Waals surface area contributed by atoms with E-state index in [9.17, 15) is 0 Å². The Morgan fingerprint density at radius 3 is 2.85 bits per heavy atom. The average molecular weight is 425 g/mol. The monoisotopic (exact) mass is 424 g/mol. The molecule has 0 saturated carbocycles. The third kappa shape index (κ3) is 4.53. The number of fused-ring (bicyclic) bond motifs is 1. The lowest BCUT2D eigenvalue weighted by Gasteiger charge is -2.07. The van der Waals surface area contributed by atoms with E-state index in [1.807, 2.05) is 28.8 Å². The van der Waals surface area contributed by atoms with Crippen molar-refractivity contribution in [3.8, 4) is 0 Å². The van der Waals surface area contributed by atoms with Gasteiger partial charge in [-0.3, -0.25) is 4.99 Å². The van der Waals surface area contributed by atoms with Gasteiger partial charge in [-0.2, -0.15) is 4.98 Å². The Kier molecular flexibility index (Phi) is 6.47. The van der Waals surface area contributed by atoms with Crippen molar-refractivity contribution < 1.29 is 0 Å². The summed E-state index contributed by atoms with van der Waals surface area (Å²) in [4.78, 5) is 15.2. The van der Waals surface area contributed by atoms with E-state index in [0.29, 0.717) is 9.91 Å². The number of hydrogen-bond donors (Lipinski definition) is 2. The van der Waals surface area contributed by atoms with Crippen LogP contribution >= 0.6 is 46.9 Å². The highest BCUT2D eigenvalue weighted by Crippen LogP contribution is 2.24. The number of thioether (sulfide) groups is 1. The molecule has 0 aliphatic heterocycles. The molecule has 0 aliphatic carbocycles. The maximum Gasteiger partial charge on any atom is 0.208 e. The number of aryl methyl sites for hydroxylation is 1. The molecule has 26 heavy (non-hydrogen) atoms. The number of hydrogen-bond acceptors (Lipinski definition) is 6. The molecule has 0 atom stereocenters. The molecule has 0 spiro atoms. The van der Waals surface area contributed by atoms with Crippen LogP contribution in [0, 0.1) is 0 Å². The van der Waals surface area contributed by atoms with E-state index in [4.69, 9.17) is 23.8 Å². The molecule has 2 N–H and O–H groups in total. The molecule has 136 valence electrons. The van der Waals surface area contributed by atoms with Crippen LogP contribution in [0.15, 0.2) is 40.5 Å². The highest BCUT2D eigenvalue weighted by Gasteiger charge is 2.12. The minimum absolute atomic E-state index is 0.531. The molecule has 3 rings (SSSR count). The molecular formula is C16H17ClN6S3. The van der Waals surface area contributed by atoms with E-state index in [1.165, 1.54) is 16.2 Å². The predicted octanol–water partition coefficient (Wildman–Crippen LogP) is 3.39. The summed E-state index contributed by atoms with van der Waals surface area (Å²) < 4.78 is 2.03. The second-order valence-corrected chi connectivity index (χ2v) is 8.16. The van der Waals surface area contributed by atoms with Crippen LogP contribution < -0.4 is 15.4 Å². The van der Waals surface area contributed by atoms with Gasteiger partial charge < -0.3 is 15.2 Å². The van der Waals surface area contributed by atoms with Gasteiger partial charge in [0.25, 0.3) is 0 Å². The summed E-state index contributed by atoms with van der Waals surface area (Å²) in [6, 6.07) is 7.84. The highest BCUT2D eigenvalue weighted by atomic mass is 35.5. The SMILES string of the molecule is CN=c1nc2c(ncn2CCSc2ccc(Cl)cc2)c(NC(=S)NC)s1. The second kappa shape index (κ2) is 8.81. The van der Waals surface area contributed by atoms with Gasteiger partial charge in [0.15, 0.2) is 10.8 Å². The molecule has 1 aromatic carbocycles. The van der Waals surface area contributed by atoms with Crippen LogP contribution in [0.25, 0.3) is 11.2 Å². The first-order chi connectivity index (χ1) is 12.6. The molecule has 2 heterocycles. The number of nitrogens with one attached hydrogen (secondary N) is 2. The Balaban J connectivity index is 1.81. The Morgan fingerprint density at radius 1 is 1.38 bits per heavy atom. The second-order valence-electron chi connectivity index (χ2n) is 5.17. The Morgan fingerprint density at radius 2 is 2.15 bits per heavy atom. The molecule has 0 amide bonds. The van der Waals surface area contributed by atoms with Crippen LogP contribution in [0.5, 0.6) is 0 Å². The molecule has 0 aliphatic rings. The van der Waals surface area contributed by atoms with E-state index in [1.54, 1.807) is 32.2 Å². The zero-order valence-corrected chi connectivity index (χ0v) is 17.4. The topological polar surface area (TPSA) is 67.1 Å². The maximum atomic E-state index is 5.92. The van der Waals surface area contributed by atoms with E-state index in [0.717, 1.165) is 33.5 Å². The van der Waals surface area contributed by atoms with Crippen LogP contribution in [0.4, 0.5) is 5.00 Å². The minimum Gasteiger partial charge on any atom is -0.366 e. The minimum atomic E-state index is 0.531. The molecule has 0 saturated heterocycles. The van der Waals surface area contributed by atoms with Crippen LogP contribution in [-0.2, 0) is 6.54 Å².